The summed E-state index contributed by atoms with van der Waals surface area (Å²) in [6, 6.07) is 5.90. The second-order valence-electron chi connectivity index (χ2n) is 6.34. The Hall–Kier alpha value is -1.02. The summed E-state index contributed by atoms with van der Waals surface area (Å²) in [6.45, 7) is 9.98. The molecule has 1 fully saturated rings. The largest absolute Gasteiger partial charge is 0.508 e. The van der Waals surface area contributed by atoms with E-state index in [0.29, 0.717) is 5.75 Å². The Bertz CT molecular complexity index is 414. The lowest BCUT2D eigenvalue weighted by atomic mass is 9.89. The summed E-state index contributed by atoms with van der Waals surface area (Å²) in [7, 11) is 0. The Morgan fingerprint density at radius 3 is 2.79 bits per heavy atom. The van der Waals surface area contributed by atoms with Gasteiger partial charge in [0, 0.05) is 12.1 Å². The number of aryl methyl sites for hydroxylation is 1. The molecule has 1 aliphatic heterocycles. The average molecular weight is 261 g/mol. The summed E-state index contributed by atoms with van der Waals surface area (Å²) in [6.07, 6.45) is 3.94. The lowest BCUT2D eigenvalue weighted by Crippen LogP contribution is -2.24. The minimum absolute atomic E-state index is 0.440. The van der Waals surface area contributed by atoms with Crippen LogP contribution in [0.3, 0.4) is 0 Å². The van der Waals surface area contributed by atoms with Crippen LogP contribution in [0.1, 0.15) is 44.2 Å². The Kier molecular flexibility index (Phi) is 4.87. The van der Waals surface area contributed by atoms with Gasteiger partial charge in [-0.25, -0.2) is 0 Å². The molecule has 2 nitrogen and oxygen atoms in total. The van der Waals surface area contributed by atoms with E-state index in [4.69, 9.17) is 0 Å². The van der Waals surface area contributed by atoms with Crippen molar-refractivity contribution in [1.82, 2.24) is 4.90 Å². The molecule has 1 atom stereocenters. The molecule has 0 saturated carbocycles. The van der Waals surface area contributed by atoms with Crippen LogP contribution in [0.5, 0.6) is 5.75 Å². The first-order chi connectivity index (χ1) is 9.06. The first-order valence-electron chi connectivity index (χ1n) is 7.57. The van der Waals surface area contributed by atoms with Crippen LogP contribution in [-0.2, 0) is 6.54 Å². The maximum atomic E-state index is 9.95. The van der Waals surface area contributed by atoms with E-state index >= 15 is 0 Å². The summed E-state index contributed by atoms with van der Waals surface area (Å²) in [5.74, 6) is 2.11. The van der Waals surface area contributed by atoms with Crippen molar-refractivity contribution in [1.29, 1.82) is 0 Å². The van der Waals surface area contributed by atoms with E-state index in [0.717, 1.165) is 37.0 Å². The third-order valence-corrected chi connectivity index (χ3v) is 4.44. The number of nitrogens with zero attached hydrogens (tertiary/aromatic N) is 1. The molecular weight excluding hydrogens is 234 g/mol. The second kappa shape index (κ2) is 6.42. The van der Waals surface area contributed by atoms with Gasteiger partial charge in [0.1, 0.15) is 5.75 Å². The topological polar surface area (TPSA) is 23.5 Å². The van der Waals surface area contributed by atoms with E-state index in [1.54, 1.807) is 0 Å². The van der Waals surface area contributed by atoms with Crippen LogP contribution in [0.4, 0.5) is 0 Å². The van der Waals surface area contributed by atoms with Gasteiger partial charge in [-0.2, -0.15) is 0 Å². The van der Waals surface area contributed by atoms with Crippen molar-refractivity contribution in [3.05, 3.63) is 29.3 Å². The Balaban J connectivity index is 1.98. The molecule has 1 N–H and O–H groups in total. The fourth-order valence-corrected chi connectivity index (χ4v) is 3.09. The van der Waals surface area contributed by atoms with Crippen LogP contribution in [0, 0.1) is 18.8 Å². The van der Waals surface area contributed by atoms with Crippen LogP contribution in [0.25, 0.3) is 0 Å². The molecule has 0 radical (unpaired) electrons. The molecule has 1 aromatic rings. The van der Waals surface area contributed by atoms with Crippen LogP contribution in [-0.4, -0.2) is 23.1 Å². The number of hydrogen-bond donors (Lipinski definition) is 1. The predicted octanol–water partition coefficient (Wildman–Crippen LogP) is 3.96. The van der Waals surface area contributed by atoms with Crippen LogP contribution in [0.15, 0.2) is 18.2 Å². The van der Waals surface area contributed by atoms with Gasteiger partial charge in [-0.05, 0) is 57.2 Å². The summed E-state index contributed by atoms with van der Waals surface area (Å²) >= 11 is 0. The highest BCUT2D eigenvalue weighted by Crippen LogP contribution is 2.26. The Morgan fingerprint density at radius 2 is 2.05 bits per heavy atom. The zero-order chi connectivity index (χ0) is 13.8. The standard InChI is InChI=1S/C17H27NO/c1-13(2)15-5-4-9-18(10-8-15)12-16-11-14(3)6-7-17(16)19/h6-7,11,13,15,19H,4-5,8-10,12H2,1-3H3. The van der Waals surface area contributed by atoms with Crippen LogP contribution < -0.4 is 0 Å². The molecule has 1 heterocycles. The van der Waals surface area contributed by atoms with Crippen molar-refractivity contribution in [3.8, 4) is 5.75 Å². The molecule has 0 aliphatic carbocycles. The molecule has 0 amide bonds. The van der Waals surface area contributed by atoms with Gasteiger partial charge in [0.25, 0.3) is 0 Å². The van der Waals surface area contributed by atoms with Crippen LogP contribution >= 0.6 is 0 Å². The number of benzene rings is 1. The highest BCUT2D eigenvalue weighted by atomic mass is 16.3. The fourth-order valence-electron chi connectivity index (χ4n) is 3.09. The van der Waals surface area contributed by atoms with Gasteiger partial charge >= 0.3 is 0 Å². The smallest absolute Gasteiger partial charge is 0.120 e. The van der Waals surface area contributed by atoms with Crippen LogP contribution in [0.2, 0.25) is 0 Å². The van der Waals surface area contributed by atoms with E-state index in [-0.39, 0.29) is 0 Å². The Morgan fingerprint density at radius 1 is 1.26 bits per heavy atom. The third kappa shape index (κ3) is 3.97. The molecule has 106 valence electrons. The van der Waals surface area contributed by atoms with Crippen molar-refractivity contribution in [2.24, 2.45) is 11.8 Å². The van der Waals surface area contributed by atoms with E-state index in [9.17, 15) is 5.11 Å². The lowest BCUT2D eigenvalue weighted by molar-refractivity contribution is 0.261. The molecule has 2 rings (SSSR count). The molecule has 0 bridgehead atoms. The van der Waals surface area contributed by atoms with Crippen molar-refractivity contribution >= 4 is 0 Å². The number of hydrogen-bond acceptors (Lipinski definition) is 2. The van der Waals surface area contributed by atoms with E-state index in [1.807, 2.05) is 12.1 Å². The van der Waals surface area contributed by atoms with Gasteiger partial charge in [0.05, 0.1) is 0 Å². The fraction of sp³-hybridized carbons (Fsp3) is 0.647. The maximum absolute atomic E-state index is 9.95. The van der Waals surface area contributed by atoms with Gasteiger partial charge < -0.3 is 5.11 Å². The van der Waals surface area contributed by atoms with E-state index < -0.39 is 0 Å². The zero-order valence-electron chi connectivity index (χ0n) is 12.5. The van der Waals surface area contributed by atoms with E-state index in [1.165, 1.54) is 24.8 Å². The molecule has 1 aromatic carbocycles. The summed E-state index contributed by atoms with van der Waals surface area (Å²) in [5, 5.41) is 9.95. The lowest BCUT2D eigenvalue weighted by Gasteiger charge is -2.22. The van der Waals surface area contributed by atoms with Gasteiger partial charge in [0.2, 0.25) is 0 Å². The highest BCUT2D eigenvalue weighted by Gasteiger charge is 2.20. The van der Waals surface area contributed by atoms with Gasteiger partial charge in [-0.1, -0.05) is 31.5 Å². The maximum Gasteiger partial charge on any atom is 0.120 e. The number of phenols is 1. The monoisotopic (exact) mass is 261 g/mol. The number of aromatic hydroxyl groups is 1. The van der Waals surface area contributed by atoms with Crippen molar-refractivity contribution in [3.63, 3.8) is 0 Å². The number of phenolic OH excluding ortho intramolecular Hbond substituents is 1. The van der Waals surface area contributed by atoms with Crippen molar-refractivity contribution < 1.29 is 5.11 Å². The van der Waals surface area contributed by atoms with Crippen molar-refractivity contribution in [2.75, 3.05) is 13.1 Å². The van der Waals surface area contributed by atoms with Gasteiger partial charge in [0.15, 0.2) is 0 Å². The van der Waals surface area contributed by atoms with E-state index in [2.05, 4.69) is 31.7 Å². The quantitative estimate of drug-likeness (QED) is 0.890. The normalized spacial score (nSPS) is 21.6. The second-order valence-corrected chi connectivity index (χ2v) is 6.34. The summed E-state index contributed by atoms with van der Waals surface area (Å²) in [5.41, 5.74) is 2.30. The summed E-state index contributed by atoms with van der Waals surface area (Å²) in [4.78, 5) is 2.50. The highest BCUT2D eigenvalue weighted by molar-refractivity contribution is 5.35. The molecule has 1 unspecified atom stereocenters. The molecular formula is C17H27NO. The first-order valence-corrected chi connectivity index (χ1v) is 7.57. The SMILES string of the molecule is Cc1ccc(O)c(CN2CCCC(C(C)C)CC2)c1. The molecule has 0 spiro atoms. The molecule has 1 aliphatic rings. The predicted molar refractivity (Wildman–Crippen MR) is 80.3 cm³/mol. The van der Waals surface area contributed by atoms with Crippen molar-refractivity contribution in [2.45, 2.75) is 46.6 Å². The molecule has 2 heteroatoms. The van der Waals surface area contributed by atoms with Gasteiger partial charge in [-0.15, -0.1) is 0 Å². The minimum atomic E-state index is 0.440. The third-order valence-electron chi connectivity index (χ3n) is 4.44. The molecule has 1 saturated heterocycles. The Labute approximate surface area is 117 Å². The minimum Gasteiger partial charge on any atom is -0.508 e. The molecule has 19 heavy (non-hydrogen) atoms. The van der Waals surface area contributed by atoms with Gasteiger partial charge in [-0.3, -0.25) is 4.90 Å². The molecule has 0 aromatic heterocycles. The average Bonchev–Trinajstić information content (AvgIpc) is 2.59. The number of likely N-dealkylation sites (tertiary alicyclic amines) is 1. The zero-order valence-corrected chi connectivity index (χ0v) is 12.5. The summed E-state index contributed by atoms with van der Waals surface area (Å²) < 4.78 is 0. The first kappa shape index (κ1) is 14.4. The number of rotatable bonds is 3.